The van der Waals surface area contributed by atoms with Crippen LogP contribution in [0.2, 0.25) is 0 Å². The summed E-state index contributed by atoms with van der Waals surface area (Å²) in [5.74, 6) is -0.135. The first-order chi connectivity index (χ1) is 11.6. The van der Waals surface area contributed by atoms with E-state index in [1.807, 2.05) is 42.5 Å². The highest BCUT2D eigenvalue weighted by Gasteiger charge is 2.13. The molecule has 0 aliphatic heterocycles. The highest BCUT2D eigenvalue weighted by Crippen LogP contribution is 2.22. The first kappa shape index (κ1) is 16.3. The molecule has 3 rings (SSSR count). The fourth-order valence-corrected chi connectivity index (χ4v) is 3.02. The van der Waals surface area contributed by atoms with E-state index in [1.54, 1.807) is 0 Å². The quantitative estimate of drug-likeness (QED) is 0.652. The number of aliphatic hydroxyl groups excluding tert-OH is 1. The van der Waals surface area contributed by atoms with E-state index in [0.717, 1.165) is 23.2 Å². The van der Waals surface area contributed by atoms with Gasteiger partial charge in [-0.05, 0) is 30.5 Å². The molecule has 0 fully saturated rings. The largest absolute Gasteiger partial charge is 0.388 e. The number of carbonyl (C=O) groups is 1. The zero-order valence-corrected chi connectivity index (χ0v) is 13.8. The maximum atomic E-state index is 12.0. The molecule has 1 heterocycles. The normalized spacial score (nSPS) is 12.2. The summed E-state index contributed by atoms with van der Waals surface area (Å²) in [6, 6.07) is 17.4. The highest BCUT2D eigenvalue weighted by atomic mass is 16.3. The molecule has 1 amide bonds. The van der Waals surface area contributed by atoms with E-state index < -0.39 is 6.10 Å². The number of H-pyrrole nitrogens is 1. The molecule has 3 aromatic rings. The van der Waals surface area contributed by atoms with Gasteiger partial charge in [0.1, 0.15) is 0 Å². The Morgan fingerprint density at radius 1 is 1.12 bits per heavy atom. The Kier molecular flexibility index (Phi) is 4.96. The molecule has 124 valence electrons. The number of nitrogens with one attached hydrogen (secondary N) is 2. The van der Waals surface area contributed by atoms with Crippen LogP contribution in [0.15, 0.2) is 54.6 Å². The first-order valence-corrected chi connectivity index (χ1v) is 8.21. The summed E-state index contributed by atoms with van der Waals surface area (Å²) in [5, 5.41) is 14.2. The van der Waals surface area contributed by atoms with Crippen molar-refractivity contribution in [3.05, 3.63) is 71.4 Å². The number of aromatic nitrogens is 1. The third-order valence-electron chi connectivity index (χ3n) is 4.29. The van der Waals surface area contributed by atoms with Crippen LogP contribution in [0, 0.1) is 6.92 Å². The van der Waals surface area contributed by atoms with Crippen molar-refractivity contribution >= 4 is 16.8 Å². The van der Waals surface area contributed by atoms with E-state index in [-0.39, 0.29) is 12.3 Å². The second-order valence-electron chi connectivity index (χ2n) is 6.00. The Hall–Kier alpha value is -2.59. The second kappa shape index (κ2) is 7.32. The lowest BCUT2D eigenvalue weighted by Crippen LogP contribution is -2.27. The number of carbonyl (C=O) groups excluding carboxylic acids is 1. The fraction of sp³-hybridized carbons (Fsp3) is 0.250. The molecular weight excluding hydrogens is 300 g/mol. The number of aromatic amines is 1. The van der Waals surface area contributed by atoms with Gasteiger partial charge in [-0.25, -0.2) is 0 Å². The van der Waals surface area contributed by atoms with Crippen LogP contribution in [0.1, 0.15) is 29.3 Å². The van der Waals surface area contributed by atoms with Gasteiger partial charge in [-0.2, -0.15) is 0 Å². The van der Waals surface area contributed by atoms with Crippen molar-refractivity contribution in [3.8, 4) is 0 Å². The third-order valence-corrected chi connectivity index (χ3v) is 4.29. The predicted octanol–water partition coefficient (Wildman–Crippen LogP) is 3.26. The number of para-hydroxylation sites is 1. The Balaban J connectivity index is 1.54. The number of rotatable bonds is 6. The zero-order valence-electron chi connectivity index (χ0n) is 13.8. The number of hydrogen-bond donors (Lipinski definition) is 3. The van der Waals surface area contributed by atoms with Gasteiger partial charge >= 0.3 is 0 Å². The van der Waals surface area contributed by atoms with Gasteiger partial charge < -0.3 is 15.4 Å². The highest BCUT2D eigenvalue weighted by molar-refractivity contribution is 5.84. The average Bonchev–Trinajstić information content (AvgIpc) is 2.91. The van der Waals surface area contributed by atoms with Crippen molar-refractivity contribution in [2.24, 2.45) is 0 Å². The Morgan fingerprint density at radius 3 is 2.62 bits per heavy atom. The van der Waals surface area contributed by atoms with E-state index in [1.165, 1.54) is 10.9 Å². The van der Waals surface area contributed by atoms with Crippen LogP contribution in [-0.4, -0.2) is 22.5 Å². The summed E-state index contributed by atoms with van der Waals surface area (Å²) in [5.41, 5.74) is 4.25. The van der Waals surface area contributed by atoms with Crippen LogP contribution in [0.25, 0.3) is 10.9 Å². The first-order valence-electron chi connectivity index (χ1n) is 8.21. The third kappa shape index (κ3) is 3.66. The zero-order chi connectivity index (χ0) is 16.9. The topological polar surface area (TPSA) is 65.1 Å². The smallest absolute Gasteiger partial charge is 0.222 e. The van der Waals surface area contributed by atoms with E-state index >= 15 is 0 Å². The van der Waals surface area contributed by atoms with Crippen LogP contribution >= 0.6 is 0 Å². The van der Waals surface area contributed by atoms with Gasteiger partial charge in [0.25, 0.3) is 0 Å². The SMILES string of the molecule is Cc1[nH]c2ccccc2c1CCNC(=O)CC(O)c1ccccc1. The molecule has 0 aliphatic rings. The summed E-state index contributed by atoms with van der Waals surface area (Å²) in [7, 11) is 0. The second-order valence-corrected chi connectivity index (χ2v) is 6.00. The lowest BCUT2D eigenvalue weighted by atomic mass is 10.1. The molecule has 2 aromatic carbocycles. The van der Waals surface area contributed by atoms with Crippen LogP contribution in [0.3, 0.4) is 0 Å². The molecule has 0 spiro atoms. The van der Waals surface area contributed by atoms with Crippen LogP contribution in [0.4, 0.5) is 0 Å². The van der Waals surface area contributed by atoms with Crippen molar-refractivity contribution in [1.29, 1.82) is 0 Å². The molecule has 0 aliphatic carbocycles. The van der Waals surface area contributed by atoms with Crippen molar-refractivity contribution in [2.45, 2.75) is 25.9 Å². The van der Waals surface area contributed by atoms with Gasteiger partial charge in [-0.3, -0.25) is 4.79 Å². The molecule has 4 nitrogen and oxygen atoms in total. The van der Waals surface area contributed by atoms with E-state index in [4.69, 9.17) is 0 Å². The van der Waals surface area contributed by atoms with Gasteiger partial charge in [0.05, 0.1) is 12.5 Å². The maximum Gasteiger partial charge on any atom is 0.222 e. The molecule has 1 unspecified atom stereocenters. The molecule has 4 heteroatoms. The van der Waals surface area contributed by atoms with Gasteiger partial charge in [-0.1, -0.05) is 48.5 Å². The Bertz CT molecular complexity index is 824. The van der Waals surface area contributed by atoms with Gasteiger partial charge in [0, 0.05) is 23.1 Å². The number of fused-ring (bicyclic) bond motifs is 1. The standard InChI is InChI=1S/C20H22N2O2/c1-14-16(17-9-5-6-10-18(17)22-14)11-12-21-20(24)13-19(23)15-7-3-2-4-8-15/h2-10,19,22-23H,11-13H2,1H3,(H,21,24). The van der Waals surface area contributed by atoms with Crippen LogP contribution in [0.5, 0.6) is 0 Å². The monoisotopic (exact) mass is 322 g/mol. The van der Waals surface area contributed by atoms with Crippen molar-refractivity contribution in [3.63, 3.8) is 0 Å². The lowest BCUT2D eigenvalue weighted by molar-refractivity contribution is -0.123. The molecule has 0 bridgehead atoms. The number of hydrogen-bond acceptors (Lipinski definition) is 2. The van der Waals surface area contributed by atoms with Gasteiger partial charge in [-0.15, -0.1) is 0 Å². The molecule has 0 radical (unpaired) electrons. The average molecular weight is 322 g/mol. The summed E-state index contributed by atoms with van der Waals surface area (Å²) in [4.78, 5) is 15.4. The minimum Gasteiger partial charge on any atom is -0.388 e. The summed E-state index contributed by atoms with van der Waals surface area (Å²) >= 11 is 0. The van der Waals surface area contributed by atoms with Crippen LogP contribution in [-0.2, 0) is 11.2 Å². The number of aliphatic hydroxyl groups is 1. The van der Waals surface area contributed by atoms with E-state index in [9.17, 15) is 9.90 Å². The Labute approximate surface area is 141 Å². The maximum absolute atomic E-state index is 12.0. The van der Waals surface area contributed by atoms with Crippen LogP contribution < -0.4 is 5.32 Å². The van der Waals surface area contributed by atoms with Crippen molar-refractivity contribution < 1.29 is 9.90 Å². The Morgan fingerprint density at radius 2 is 1.83 bits per heavy atom. The molecule has 1 atom stereocenters. The number of aryl methyl sites for hydroxylation is 1. The van der Waals surface area contributed by atoms with E-state index in [0.29, 0.717) is 6.54 Å². The number of benzene rings is 2. The molecule has 24 heavy (non-hydrogen) atoms. The molecule has 1 aromatic heterocycles. The van der Waals surface area contributed by atoms with Crippen molar-refractivity contribution in [1.82, 2.24) is 10.3 Å². The van der Waals surface area contributed by atoms with Gasteiger partial charge in [0.2, 0.25) is 5.91 Å². The molecular formula is C20H22N2O2. The van der Waals surface area contributed by atoms with Crippen molar-refractivity contribution in [2.75, 3.05) is 6.54 Å². The molecule has 0 saturated carbocycles. The number of amides is 1. The summed E-state index contributed by atoms with van der Waals surface area (Å²) in [6.07, 6.45) is 0.0842. The summed E-state index contributed by atoms with van der Waals surface area (Å²) < 4.78 is 0. The fourth-order valence-electron chi connectivity index (χ4n) is 3.02. The minimum atomic E-state index is -0.763. The molecule has 3 N–H and O–H groups in total. The summed E-state index contributed by atoms with van der Waals surface area (Å²) in [6.45, 7) is 2.61. The van der Waals surface area contributed by atoms with E-state index in [2.05, 4.69) is 29.4 Å². The predicted molar refractivity (Wildman–Crippen MR) is 95.8 cm³/mol. The minimum absolute atomic E-state index is 0.0802. The molecule has 0 saturated heterocycles. The van der Waals surface area contributed by atoms with Gasteiger partial charge in [0.15, 0.2) is 0 Å². The lowest BCUT2D eigenvalue weighted by Gasteiger charge is -2.11.